The Kier molecular flexibility index (Phi) is 10.9. The van der Waals surface area contributed by atoms with E-state index in [0.29, 0.717) is 19.3 Å². The maximum absolute atomic E-state index is 13.2. The lowest BCUT2D eigenvalue weighted by Crippen LogP contribution is -2.62. The molecule has 0 radical (unpaired) electrons. The molecule has 4 rings (SSSR count). The van der Waals surface area contributed by atoms with Gasteiger partial charge in [0.05, 0.1) is 42.4 Å². The van der Waals surface area contributed by atoms with Crippen LogP contribution in [0, 0.1) is 39.4 Å². The first-order chi connectivity index (χ1) is 22.3. The van der Waals surface area contributed by atoms with Crippen LogP contribution >= 0.6 is 0 Å². The van der Waals surface area contributed by atoms with Crippen LogP contribution in [0.15, 0.2) is 11.1 Å². The van der Waals surface area contributed by atoms with Crippen molar-refractivity contribution < 1.29 is 49.8 Å². The number of rotatable bonds is 12. The number of aliphatic carboxylic acids is 1. The van der Waals surface area contributed by atoms with E-state index < -0.39 is 83.7 Å². The van der Waals surface area contributed by atoms with Gasteiger partial charge in [0.1, 0.15) is 12.6 Å². The van der Waals surface area contributed by atoms with Gasteiger partial charge in [-0.05, 0) is 106 Å². The molecule has 4 aliphatic carbocycles. The van der Waals surface area contributed by atoms with Crippen LogP contribution in [0.4, 0.5) is 0 Å². The number of fused-ring (bicyclic) bond motifs is 4. The van der Waals surface area contributed by atoms with Gasteiger partial charge in [-0.15, -0.1) is 0 Å². The highest BCUT2D eigenvalue weighted by molar-refractivity contribution is 5.82. The van der Waals surface area contributed by atoms with Crippen molar-refractivity contribution in [3.8, 4) is 0 Å². The minimum Gasteiger partial charge on any atom is -0.480 e. The number of carbonyl (C=O) groups is 3. The zero-order chi connectivity index (χ0) is 37.1. The van der Waals surface area contributed by atoms with Gasteiger partial charge in [-0.3, -0.25) is 14.4 Å². The molecule has 11 heteroatoms. The molecule has 0 aromatic rings. The summed E-state index contributed by atoms with van der Waals surface area (Å²) in [5.41, 5.74) is -2.08. The quantitative estimate of drug-likeness (QED) is 0.117. The summed E-state index contributed by atoms with van der Waals surface area (Å²) in [5.74, 6) is -2.14. The number of carbonyl (C=O) groups excluding carboxylic acids is 2. The van der Waals surface area contributed by atoms with E-state index in [2.05, 4.69) is 33.0 Å². The first kappa shape index (κ1) is 39.7. The first-order valence-electron chi connectivity index (χ1n) is 18.2. The smallest absolute Gasteiger partial charge is 0.322 e. The number of hydrogen-bond acceptors (Lipinski definition) is 9. The molecule has 7 N–H and O–H groups in total. The molecule has 0 aromatic heterocycles. The van der Waals surface area contributed by atoms with Gasteiger partial charge in [-0.1, -0.05) is 52.7 Å². The van der Waals surface area contributed by atoms with E-state index in [4.69, 9.17) is 9.84 Å². The second-order valence-corrected chi connectivity index (χ2v) is 18.2. The van der Waals surface area contributed by atoms with E-state index in [1.54, 1.807) is 13.8 Å². The molecular weight excluding hydrogens is 630 g/mol. The Morgan fingerprint density at radius 2 is 1.61 bits per heavy atom. The number of carboxylic acids is 1. The van der Waals surface area contributed by atoms with Crippen LogP contribution in [0.2, 0.25) is 0 Å². The third kappa shape index (κ3) is 7.21. The molecule has 0 heterocycles. The molecular formula is C38H63NO10. The predicted molar refractivity (Wildman–Crippen MR) is 183 cm³/mol. The Balaban J connectivity index is 1.58. The fraction of sp³-hybridized carbons (Fsp3) is 0.868. The van der Waals surface area contributed by atoms with E-state index in [0.717, 1.165) is 32.1 Å². The summed E-state index contributed by atoms with van der Waals surface area (Å²) in [6.07, 6.45) is 1.46. The van der Waals surface area contributed by atoms with Gasteiger partial charge in [0.2, 0.25) is 5.91 Å². The summed E-state index contributed by atoms with van der Waals surface area (Å²) >= 11 is 0. The summed E-state index contributed by atoms with van der Waals surface area (Å²) in [5, 5.41) is 66.4. The second kappa shape index (κ2) is 13.5. The van der Waals surface area contributed by atoms with E-state index >= 15 is 0 Å². The summed E-state index contributed by atoms with van der Waals surface area (Å²) in [6, 6.07) is 0. The van der Waals surface area contributed by atoms with Crippen molar-refractivity contribution in [2.24, 2.45) is 39.4 Å². The van der Waals surface area contributed by atoms with E-state index in [1.165, 1.54) is 18.1 Å². The lowest BCUT2D eigenvalue weighted by atomic mass is 9.42. The van der Waals surface area contributed by atoms with Crippen molar-refractivity contribution in [1.29, 1.82) is 0 Å². The van der Waals surface area contributed by atoms with Crippen LogP contribution < -0.4 is 5.32 Å². The molecule has 11 nitrogen and oxygen atoms in total. The Hall–Kier alpha value is -2.05. The van der Waals surface area contributed by atoms with Crippen molar-refractivity contribution in [2.75, 3.05) is 6.54 Å². The fourth-order valence-corrected chi connectivity index (χ4v) is 11.0. The van der Waals surface area contributed by atoms with E-state index in [9.17, 15) is 39.9 Å². The summed E-state index contributed by atoms with van der Waals surface area (Å²) in [4.78, 5) is 36.1. The van der Waals surface area contributed by atoms with E-state index in [1.807, 2.05) is 13.8 Å². The number of carboxylic acid groups (broad SMARTS) is 1. The van der Waals surface area contributed by atoms with Gasteiger partial charge >= 0.3 is 11.9 Å². The molecule has 11 atom stereocenters. The number of hydrogen-bond donors (Lipinski definition) is 7. The lowest BCUT2D eigenvalue weighted by molar-refractivity contribution is -0.193. The van der Waals surface area contributed by atoms with Gasteiger partial charge in [-0.25, -0.2) is 0 Å². The van der Waals surface area contributed by atoms with Crippen LogP contribution in [-0.4, -0.2) is 90.6 Å². The second-order valence-electron chi connectivity index (χ2n) is 18.2. The van der Waals surface area contributed by atoms with Crippen LogP contribution in [0.25, 0.3) is 0 Å². The molecule has 280 valence electrons. The number of aliphatic hydroxyl groups excluding tert-OH is 3. The van der Waals surface area contributed by atoms with Crippen molar-refractivity contribution in [3.05, 3.63) is 11.1 Å². The standard InChI is InChI=1S/C38H63NO10/c1-21(10-13-27(40)34(4,5)47)22-14-15-37(8)23-11-12-26-33(2,3)32(46)25(17-36(26,7)24(23)16-28(41)38(22,37)9)49-31(45)19-35(6,48)18-29(42)39-20-30(43)44/h21-22,25-28,32,40-41,46-48H,10-20H2,1-9H3,(H,39,42)(H,43,44)/t21-,22-,25?,26+,27?,28?,32?,35+,36-,37+,38+/m1/s1. The molecule has 4 aliphatic rings. The van der Waals surface area contributed by atoms with Gasteiger partial charge in [0.25, 0.3) is 0 Å². The van der Waals surface area contributed by atoms with Crippen LogP contribution in [-0.2, 0) is 19.1 Å². The average molecular weight is 694 g/mol. The Morgan fingerprint density at radius 1 is 0.980 bits per heavy atom. The van der Waals surface area contributed by atoms with Crippen LogP contribution in [0.1, 0.15) is 127 Å². The zero-order valence-corrected chi connectivity index (χ0v) is 31.1. The number of esters is 1. The number of amides is 1. The maximum Gasteiger partial charge on any atom is 0.322 e. The molecule has 2 fully saturated rings. The van der Waals surface area contributed by atoms with Gasteiger partial charge in [0, 0.05) is 5.41 Å². The molecule has 0 bridgehead atoms. The summed E-state index contributed by atoms with van der Waals surface area (Å²) in [7, 11) is 0. The van der Waals surface area contributed by atoms with Crippen LogP contribution in [0.5, 0.6) is 0 Å². The molecule has 49 heavy (non-hydrogen) atoms. The first-order valence-corrected chi connectivity index (χ1v) is 18.2. The van der Waals surface area contributed by atoms with Crippen molar-refractivity contribution in [2.45, 2.75) is 162 Å². The average Bonchev–Trinajstić information content (AvgIpc) is 3.25. The topological polar surface area (TPSA) is 194 Å². The molecule has 2 saturated carbocycles. The Morgan fingerprint density at radius 3 is 2.20 bits per heavy atom. The van der Waals surface area contributed by atoms with Crippen molar-refractivity contribution >= 4 is 17.8 Å². The normalized spacial score (nSPS) is 38.0. The summed E-state index contributed by atoms with van der Waals surface area (Å²) < 4.78 is 5.93. The largest absolute Gasteiger partial charge is 0.480 e. The molecule has 0 aliphatic heterocycles. The number of ether oxygens (including phenoxy) is 1. The minimum absolute atomic E-state index is 0.0735. The highest BCUT2D eigenvalue weighted by Gasteiger charge is 2.67. The summed E-state index contributed by atoms with van der Waals surface area (Å²) in [6.45, 7) is 16.9. The highest BCUT2D eigenvalue weighted by Crippen LogP contribution is 2.72. The van der Waals surface area contributed by atoms with E-state index in [-0.39, 0.29) is 28.6 Å². The maximum atomic E-state index is 13.2. The molecule has 0 spiro atoms. The third-order valence-corrected chi connectivity index (χ3v) is 14.0. The Bertz CT molecular complexity index is 1320. The zero-order valence-electron chi connectivity index (χ0n) is 31.1. The van der Waals surface area contributed by atoms with Gasteiger partial charge < -0.3 is 40.7 Å². The minimum atomic E-state index is -1.78. The third-order valence-electron chi connectivity index (χ3n) is 14.0. The molecule has 0 aromatic carbocycles. The number of allylic oxidation sites excluding steroid dienone is 1. The van der Waals surface area contributed by atoms with Gasteiger partial charge in [-0.2, -0.15) is 0 Å². The van der Waals surface area contributed by atoms with Crippen molar-refractivity contribution in [3.63, 3.8) is 0 Å². The monoisotopic (exact) mass is 693 g/mol. The van der Waals surface area contributed by atoms with Crippen LogP contribution in [0.3, 0.4) is 0 Å². The predicted octanol–water partition coefficient (Wildman–Crippen LogP) is 3.87. The fourth-order valence-electron chi connectivity index (χ4n) is 11.0. The van der Waals surface area contributed by atoms with Crippen molar-refractivity contribution in [1.82, 2.24) is 5.32 Å². The molecule has 1 amide bonds. The highest BCUT2D eigenvalue weighted by atomic mass is 16.6. The lowest BCUT2D eigenvalue weighted by Gasteiger charge is -2.64. The van der Waals surface area contributed by atoms with Gasteiger partial charge in [0.15, 0.2) is 0 Å². The number of aliphatic hydroxyl groups is 5. The SMILES string of the molecule is C[C@H](CCC(O)C(C)(C)O)[C@H]1CC[C@@]2(C)C3=C(CC(O)[C@]12C)[C@@]1(C)CC(OC(=O)C[C@@](C)(O)CC(=O)NCC(=O)O)C(O)C(C)(C)[C@@H]1CC3. The number of nitrogens with one attached hydrogen (secondary N) is 1. The molecule has 4 unspecified atom stereocenters. The Labute approximate surface area is 291 Å². The molecule has 0 saturated heterocycles.